The smallest absolute Gasteiger partial charge is 0.114 e. The molecule has 2 heterocycles. The normalized spacial score (nSPS) is 13.0. The van der Waals surface area contributed by atoms with E-state index in [0.29, 0.717) is 0 Å². The van der Waals surface area contributed by atoms with Gasteiger partial charge < -0.3 is 5.73 Å². The third-order valence-corrected chi connectivity index (χ3v) is 4.47. The van der Waals surface area contributed by atoms with Crippen LogP contribution in [0.5, 0.6) is 0 Å². The van der Waals surface area contributed by atoms with Crippen LogP contribution in [0.3, 0.4) is 0 Å². The number of nitrogens with zero attached hydrogens (tertiary/aromatic N) is 4. The molecule has 0 radical (unpaired) electrons. The van der Waals surface area contributed by atoms with Crippen LogP contribution in [-0.4, -0.2) is 35.2 Å². The van der Waals surface area contributed by atoms with Gasteiger partial charge in [-0.1, -0.05) is 17.9 Å². The van der Waals surface area contributed by atoms with Crippen molar-refractivity contribution in [1.29, 1.82) is 0 Å². The molecule has 2 N–H and O–H groups in total. The number of fused-ring (bicyclic) bond motifs is 2. The molecule has 0 atom stereocenters. The fourth-order valence-corrected chi connectivity index (χ4v) is 3.17. The number of hydrogen-bond donors (Lipinski definition) is 1. The Balaban J connectivity index is 1.73. The van der Waals surface area contributed by atoms with E-state index in [2.05, 4.69) is 51.0 Å². The van der Waals surface area contributed by atoms with Crippen LogP contribution in [-0.2, 0) is 6.54 Å². The van der Waals surface area contributed by atoms with Gasteiger partial charge in [0, 0.05) is 40.8 Å². The van der Waals surface area contributed by atoms with E-state index in [1.165, 1.54) is 5.56 Å². The van der Waals surface area contributed by atoms with Gasteiger partial charge >= 0.3 is 0 Å². The number of anilines is 1. The number of nitrogen functional groups attached to an aromatic ring is 1. The van der Waals surface area contributed by atoms with E-state index in [0.717, 1.165) is 40.7 Å². The lowest BCUT2D eigenvalue weighted by atomic mass is 9.95. The predicted octanol–water partition coefficient (Wildman–Crippen LogP) is 2.65. The van der Waals surface area contributed by atoms with E-state index >= 15 is 0 Å². The lowest BCUT2D eigenvalue weighted by Crippen LogP contribution is -2.29. The van der Waals surface area contributed by atoms with Gasteiger partial charge in [-0.3, -0.25) is 9.91 Å². The van der Waals surface area contributed by atoms with Crippen LogP contribution in [0.15, 0.2) is 49.2 Å². The van der Waals surface area contributed by atoms with Crippen molar-refractivity contribution >= 4 is 22.5 Å². The van der Waals surface area contributed by atoms with Crippen LogP contribution in [0.25, 0.3) is 16.8 Å². The van der Waals surface area contributed by atoms with Crippen molar-refractivity contribution in [1.82, 2.24) is 14.6 Å². The molecule has 2 aromatic carbocycles. The van der Waals surface area contributed by atoms with Gasteiger partial charge in [-0.2, -0.15) is 0 Å². The SMILES string of the molecule is CN(C)CC#Cc1ccc2c(N)c3c(cc2c1)CN(n1ccnc1)C=C3. The van der Waals surface area contributed by atoms with E-state index < -0.39 is 0 Å². The summed E-state index contributed by atoms with van der Waals surface area (Å²) in [5.74, 6) is 6.41. The maximum absolute atomic E-state index is 6.46. The molecular formula is C21H21N5. The molecule has 4 rings (SSSR count). The highest BCUT2D eigenvalue weighted by Gasteiger charge is 2.16. The Morgan fingerprint density at radius 3 is 2.92 bits per heavy atom. The number of nitrogens with two attached hydrogens (primary N) is 1. The van der Waals surface area contributed by atoms with E-state index in [1.54, 1.807) is 12.5 Å². The standard InChI is InChI=1S/C21H21N5/c1-24(2)9-3-4-16-5-6-19-17(12-16)13-18-14-25(26-11-8-23-15-26)10-7-20(18)21(19)22/h5-8,10-13,15H,9,14,22H2,1-2H3. The van der Waals surface area contributed by atoms with Crippen LogP contribution in [0.1, 0.15) is 16.7 Å². The molecule has 26 heavy (non-hydrogen) atoms. The predicted molar refractivity (Wildman–Crippen MR) is 107 cm³/mol. The molecule has 0 fully saturated rings. The second-order valence-corrected chi connectivity index (χ2v) is 6.69. The summed E-state index contributed by atoms with van der Waals surface area (Å²) >= 11 is 0. The molecule has 5 heteroatoms. The van der Waals surface area contributed by atoms with Gasteiger partial charge in [0.05, 0.1) is 13.1 Å². The maximum Gasteiger partial charge on any atom is 0.114 e. The summed E-state index contributed by atoms with van der Waals surface area (Å²) < 4.78 is 1.96. The zero-order valence-electron chi connectivity index (χ0n) is 15.0. The highest BCUT2D eigenvalue weighted by atomic mass is 15.5. The van der Waals surface area contributed by atoms with Crippen LogP contribution >= 0.6 is 0 Å². The summed E-state index contributed by atoms with van der Waals surface area (Å²) in [6.07, 6.45) is 9.60. The second-order valence-electron chi connectivity index (χ2n) is 6.69. The van der Waals surface area contributed by atoms with Gasteiger partial charge in [-0.15, -0.1) is 0 Å². The second kappa shape index (κ2) is 6.58. The monoisotopic (exact) mass is 343 g/mol. The number of rotatable bonds is 2. The van der Waals surface area contributed by atoms with Crippen molar-refractivity contribution in [2.45, 2.75) is 6.54 Å². The van der Waals surface area contributed by atoms with Crippen molar-refractivity contribution in [2.75, 3.05) is 31.4 Å². The first kappa shape index (κ1) is 16.2. The fraction of sp³-hybridized carbons (Fsp3) is 0.190. The highest BCUT2D eigenvalue weighted by Crippen LogP contribution is 2.32. The fourth-order valence-electron chi connectivity index (χ4n) is 3.17. The molecule has 5 nitrogen and oxygen atoms in total. The topological polar surface area (TPSA) is 50.3 Å². The van der Waals surface area contributed by atoms with Gasteiger partial charge in [0.15, 0.2) is 0 Å². The Morgan fingerprint density at radius 1 is 1.27 bits per heavy atom. The van der Waals surface area contributed by atoms with Crippen molar-refractivity contribution in [3.8, 4) is 11.8 Å². The molecule has 0 unspecified atom stereocenters. The number of imidazole rings is 1. The molecule has 0 bridgehead atoms. The summed E-state index contributed by atoms with van der Waals surface area (Å²) in [5, 5.41) is 4.29. The van der Waals surface area contributed by atoms with Gasteiger partial charge in [0.2, 0.25) is 0 Å². The van der Waals surface area contributed by atoms with Crippen molar-refractivity contribution in [2.24, 2.45) is 0 Å². The molecule has 1 aliphatic heterocycles. The Labute approximate surface area is 153 Å². The van der Waals surface area contributed by atoms with E-state index in [9.17, 15) is 0 Å². The minimum absolute atomic E-state index is 0.745. The Hall–Kier alpha value is -3.23. The van der Waals surface area contributed by atoms with E-state index in [4.69, 9.17) is 5.73 Å². The molecule has 0 saturated carbocycles. The summed E-state index contributed by atoms with van der Waals surface area (Å²) in [4.78, 5) is 6.17. The Kier molecular flexibility index (Phi) is 4.11. The number of aromatic nitrogens is 2. The quantitative estimate of drug-likeness (QED) is 0.574. The average Bonchev–Trinajstić information content (AvgIpc) is 3.15. The Morgan fingerprint density at radius 2 is 2.15 bits per heavy atom. The van der Waals surface area contributed by atoms with Gasteiger partial charge in [0.25, 0.3) is 0 Å². The molecule has 3 aromatic rings. The molecule has 1 aliphatic rings. The molecular weight excluding hydrogens is 322 g/mol. The van der Waals surface area contributed by atoms with Crippen molar-refractivity contribution in [3.05, 3.63) is 65.9 Å². The average molecular weight is 343 g/mol. The number of benzene rings is 2. The van der Waals surface area contributed by atoms with Gasteiger partial charge in [0.1, 0.15) is 6.33 Å². The first-order chi connectivity index (χ1) is 12.6. The van der Waals surface area contributed by atoms with E-state index in [1.807, 2.05) is 37.2 Å². The zero-order chi connectivity index (χ0) is 18.1. The van der Waals surface area contributed by atoms with Crippen molar-refractivity contribution < 1.29 is 0 Å². The minimum atomic E-state index is 0.745. The lowest BCUT2D eigenvalue weighted by Gasteiger charge is -2.27. The third kappa shape index (κ3) is 3.03. The highest BCUT2D eigenvalue weighted by molar-refractivity contribution is 5.99. The van der Waals surface area contributed by atoms with Crippen LogP contribution in [0.4, 0.5) is 5.69 Å². The zero-order valence-corrected chi connectivity index (χ0v) is 15.0. The summed E-state index contributed by atoms with van der Waals surface area (Å²) in [5.41, 5.74) is 10.6. The lowest BCUT2D eigenvalue weighted by molar-refractivity contribution is 0.464. The van der Waals surface area contributed by atoms with Crippen molar-refractivity contribution in [3.63, 3.8) is 0 Å². The van der Waals surface area contributed by atoms with Gasteiger partial charge in [-0.25, -0.2) is 9.66 Å². The largest absolute Gasteiger partial charge is 0.398 e. The molecule has 0 aliphatic carbocycles. The summed E-state index contributed by atoms with van der Waals surface area (Å²) in [7, 11) is 4.03. The third-order valence-electron chi connectivity index (χ3n) is 4.47. The Bertz CT molecular complexity index is 1040. The maximum atomic E-state index is 6.46. The summed E-state index contributed by atoms with van der Waals surface area (Å²) in [6.45, 7) is 1.49. The minimum Gasteiger partial charge on any atom is -0.398 e. The molecule has 0 spiro atoms. The first-order valence-corrected chi connectivity index (χ1v) is 8.53. The molecule has 0 amide bonds. The molecule has 130 valence electrons. The van der Waals surface area contributed by atoms with Crippen LogP contribution in [0.2, 0.25) is 0 Å². The number of hydrogen-bond acceptors (Lipinski definition) is 4. The summed E-state index contributed by atoms with van der Waals surface area (Å²) in [6, 6.07) is 8.44. The van der Waals surface area contributed by atoms with Crippen LogP contribution < -0.4 is 10.7 Å². The van der Waals surface area contributed by atoms with Gasteiger partial charge in [-0.05, 0) is 49.3 Å². The van der Waals surface area contributed by atoms with Crippen LogP contribution in [0, 0.1) is 11.8 Å². The molecule has 1 aromatic heterocycles. The van der Waals surface area contributed by atoms with E-state index in [-0.39, 0.29) is 0 Å². The molecule has 0 saturated heterocycles. The first-order valence-electron chi connectivity index (χ1n) is 8.53.